The minimum absolute atomic E-state index is 0.0387. The maximum absolute atomic E-state index is 12.0. The van der Waals surface area contributed by atoms with Crippen LogP contribution in [0, 0.1) is 6.92 Å². The SMILES string of the molecule is Cc1cc(Br)ccc1S(=O)(=O)N[C@@H](C)CCO. The summed E-state index contributed by atoms with van der Waals surface area (Å²) in [6.07, 6.45) is 0.398. The number of hydrogen-bond acceptors (Lipinski definition) is 3. The van der Waals surface area contributed by atoms with Gasteiger partial charge in [-0.05, 0) is 44.0 Å². The molecule has 1 atom stereocenters. The molecule has 0 radical (unpaired) electrons. The predicted molar refractivity (Wildman–Crippen MR) is 70.4 cm³/mol. The number of rotatable bonds is 5. The first kappa shape index (κ1) is 14.6. The van der Waals surface area contributed by atoms with E-state index >= 15 is 0 Å². The summed E-state index contributed by atoms with van der Waals surface area (Å²) in [6, 6.07) is 4.73. The Kier molecular flexibility index (Phi) is 5.12. The quantitative estimate of drug-likeness (QED) is 0.869. The van der Waals surface area contributed by atoms with E-state index in [1.165, 1.54) is 0 Å². The molecule has 6 heteroatoms. The smallest absolute Gasteiger partial charge is 0.241 e. The van der Waals surface area contributed by atoms with Gasteiger partial charge in [-0.15, -0.1) is 0 Å². The van der Waals surface area contributed by atoms with Crippen LogP contribution < -0.4 is 4.72 Å². The van der Waals surface area contributed by atoms with E-state index in [1.54, 1.807) is 32.0 Å². The highest BCUT2D eigenvalue weighted by Crippen LogP contribution is 2.20. The van der Waals surface area contributed by atoms with Crippen LogP contribution in [0.4, 0.5) is 0 Å². The van der Waals surface area contributed by atoms with Crippen LogP contribution in [-0.2, 0) is 10.0 Å². The molecule has 17 heavy (non-hydrogen) atoms. The number of halogens is 1. The van der Waals surface area contributed by atoms with Gasteiger partial charge in [0.1, 0.15) is 0 Å². The summed E-state index contributed by atoms with van der Waals surface area (Å²) in [6.45, 7) is 3.43. The molecule has 0 aliphatic rings. The van der Waals surface area contributed by atoms with Gasteiger partial charge in [0.05, 0.1) is 4.90 Å². The molecule has 1 aromatic rings. The molecule has 0 aliphatic carbocycles. The third-order valence-corrected chi connectivity index (χ3v) is 4.59. The summed E-state index contributed by atoms with van der Waals surface area (Å²) in [4.78, 5) is 0.269. The first-order valence-electron chi connectivity index (χ1n) is 5.26. The second-order valence-electron chi connectivity index (χ2n) is 3.94. The Morgan fingerprint density at radius 2 is 2.12 bits per heavy atom. The van der Waals surface area contributed by atoms with Crippen LogP contribution in [0.3, 0.4) is 0 Å². The van der Waals surface area contributed by atoms with Gasteiger partial charge in [0.15, 0.2) is 0 Å². The molecule has 0 aliphatic heterocycles. The van der Waals surface area contributed by atoms with Crippen LogP contribution >= 0.6 is 15.9 Å². The van der Waals surface area contributed by atoms with Crippen LogP contribution in [-0.4, -0.2) is 26.2 Å². The first-order valence-corrected chi connectivity index (χ1v) is 7.54. The molecule has 0 unspecified atom stereocenters. The molecule has 0 saturated carbocycles. The van der Waals surface area contributed by atoms with Crippen molar-refractivity contribution < 1.29 is 13.5 Å². The van der Waals surface area contributed by atoms with Gasteiger partial charge in [-0.2, -0.15) is 0 Å². The van der Waals surface area contributed by atoms with Crippen LogP contribution in [0.2, 0.25) is 0 Å². The molecule has 0 amide bonds. The lowest BCUT2D eigenvalue weighted by molar-refractivity contribution is 0.275. The highest BCUT2D eigenvalue weighted by Gasteiger charge is 2.19. The third-order valence-electron chi connectivity index (χ3n) is 2.34. The molecule has 0 saturated heterocycles. The molecular weight excluding hydrogens is 306 g/mol. The van der Waals surface area contributed by atoms with Gasteiger partial charge in [0.25, 0.3) is 0 Å². The van der Waals surface area contributed by atoms with Crippen molar-refractivity contribution in [2.75, 3.05) is 6.61 Å². The van der Waals surface area contributed by atoms with E-state index in [-0.39, 0.29) is 17.5 Å². The third kappa shape index (κ3) is 4.06. The normalized spacial score (nSPS) is 13.6. The van der Waals surface area contributed by atoms with Crippen molar-refractivity contribution in [3.8, 4) is 0 Å². The summed E-state index contributed by atoms with van der Waals surface area (Å²) in [5.41, 5.74) is 0.683. The zero-order valence-electron chi connectivity index (χ0n) is 9.77. The van der Waals surface area contributed by atoms with Gasteiger partial charge in [-0.3, -0.25) is 0 Å². The number of sulfonamides is 1. The Morgan fingerprint density at radius 1 is 1.47 bits per heavy atom. The van der Waals surface area contributed by atoms with Gasteiger partial charge < -0.3 is 5.11 Å². The van der Waals surface area contributed by atoms with E-state index in [2.05, 4.69) is 20.7 Å². The van der Waals surface area contributed by atoms with Crippen LogP contribution in [0.1, 0.15) is 18.9 Å². The highest BCUT2D eigenvalue weighted by molar-refractivity contribution is 9.10. The maximum Gasteiger partial charge on any atom is 0.241 e. The van der Waals surface area contributed by atoms with Crippen molar-refractivity contribution in [3.63, 3.8) is 0 Å². The van der Waals surface area contributed by atoms with Gasteiger partial charge >= 0.3 is 0 Å². The van der Waals surface area contributed by atoms with Gasteiger partial charge in [0.2, 0.25) is 10.0 Å². The summed E-state index contributed by atoms with van der Waals surface area (Å²) < 4.78 is 27.5. The number of hydrogen-bond donors (Lipinski definition) is 2. The lowest BCUT2D eigenvalue weighted by Gasteiger charge is -2.14. The highest BCUT2D eigenvalue weighted by atomic mass is 79.9. The monoisotopic (exact) mass is 321 g/mol. The molecule has 0 bridgehead atoms. The Hall–Kier alpha value is -0.430. The standard InChI is InChI=1S/C11H16BrNO3S/c1-8-7-10(12)3-4-11(8)17(15,16)13-9(2)5-6-14/h3-4,7,9,13-14H,5-6H2,1-2H3/t9-/m0/s1. The van der Waals surface area contributed by atoms with Gasteiger partial charge in [0, 0.05) is 17.1 Å². The molecule has 0 aromatic heterocycles. The van der Waals surface area contributed by atoms with Crippen LogP contribution in [0.15, 0.2) is 27.6 Å². The maximum atomic E-state index is 12.0. The van der Waals surface area contributed by atoms with E-state index in [9.17, 15) is 8.42 Å². The largest absolute Gasteiger partial charge is 0.396 e. The molecule has 96 valence electrons. The van der Waals surface area contributed by atoms with Crippen LogP contribution in [0.25, 0.3) is 0 Å². The Morgan fingerprint density at radius 3 is 2.65 bits per heavy atom. The van der Waals surface area contributed by atoms with E-state index in [0.29, 0.717) is 12.0 Å². The average molecular weight is 322 g/mol. The minimum Gasteiger partial charge on any atom is -0.396 e. The van der Waals surface area contributed by atoms with E-state index in [1.807, 2.05) is 0 Å². The molecular formula is C11H16BrNO3S. The molecule has 4 nitrogen and oxygen atoms in total. The summed E-state index contributed by atoms with van der Waals surface area (Å²) >= 11 is 3.29. The number of aliphatic hydroxyl groups is 1. The minimum atomic E-state index is -3.51. The van der Waals surface area contributed by atoms with Crippen molar-refractivity contribution in [3.05, 3.63) is 28.2 Å². The summed E-state index contributed by atoms with van der Waals surface area (Å²) in [5, 5.41) is 8.75. The van der Waals surface area contributed by atoms with Crippen molar-refractivity contribution in [1.29, 1.82) is 0 Å². The Labute approximate surface area is 110 Å². The fraction of sp³-hybridized carbons (Fsp3) is 0.455. The second-order valence-corrected chi connectivity index (χ2v) is 6.54. The van der Waals surface area contributed by atoms with Crippen molar-refractivity contribution in [2.45, 2.75) is 31.2 Å². The van der Waals surface area contributed by atoms with Crippen LogP contribution in [0.5, 0.6) is 0 Å². The van der Waals surface area contributed by atoms with Crippen molar-refractivity contribution in [2.24, 2.45) is 0 Å². The molecule has 0 spiro atoms. The Bertz CT molecular complexity index is 487. The van der Waals surface area contributed by atoms with E-state index in [4.69, 9.17) is 5.11 Å². The summed E-state index contributed by atoms with van der Waals surface area (Å²) in [7, 11) is -3.51. The molecule has 0 heterocycles. The lowest BCUT2D eigenvalue weighted by atomic mass is 10.2. The average Bonchev–Trinajstić information content (AvgIpc) is 2.15. The molecule has 0 fully saturated rings. The Balaban J connectivity index is 2.97. The number of aliphatic hydroxyl groups excluding tert-OH is 1. The van der Waals surface area contributed by atoms with Crippen molar-refractivity contribution in [1.82, 2.24) is 4.72 Å². The predicted octanol–water partition coefficient (Wildman–Crippen LogP) is 1.81. The topological polar surface area (TPSA) is 66.4 Å². The fourth-order valence-corrected chi connectivity index (χ4v) is 3.48. The first-order chi connectivity index (χ1) is 7.86. The zero-order chi connectivity index (χ0) is 13.1. The van der Waals surface area contributed by atoms with E-state index in [0.717, 1.165) is 4.47 Å². The second kappa shape index (κ2) is 5.95. The zero-order valence-corrected chi connectivity index (χ0v) is 12.2. The van der Waals surface area contributed by atoms with Gasteiger partial charge in [-0.25, -0.2) is 13.1 Å². The van der Waals surface area contributed by atoms with Crippen molar-refractivity contribution >= 4 is 26.0 Å². The number of benzene rings is 1. The fourth-order valence-electron chi connectivity index (χ4n) is 1.50. The lowest BCUT2D eigenvalue weighted by Crippen LogP contribution is -2.33. The summed E-state index contributed by atoms with van der Waals surface area (Å²) in [5.74, 6) is 0. The van der Waals surface area contributed by atoms with E-state index < -0.39 is 10.0 Å². The number of nitrogens with one attached hydrogen (secondary N) is 1. The molecule has 2 N–H and O–H groups in total. The molecule has 1 rings (SSSR count). The van der Waals surface area contributed by atoms with Gasteiger partial charge in [-0.1, -0.05) is 15.9 Å². The number of aryl methyl sites for hydroxylation is 1. The molecule has 1 aromatic carbocycles.